The number of amides is 2. The van der Waals surface area contributed by atoms with Gasteiger partial charge in [-0.1, -0.05) is 12.1 Å². The van der Waals surface area contributed by atoms with Crippen LogP contribution in [0.4, 0.5) is 0 Å². The van der Waals surface area contributed by atoms with Crippen LogP contribution < -0.4 is 5.32 Å². The fraction of sp³-hybridized carbons (Fsp3) is 0.368. The Morgan fingerprint density at radius 2 is 1.81 bits per heavy atom. The highest BCUT2D eigenvalue weighted by atomic mass is 16.5. The fourth-order valence-corrected chi connectivity index (χ4v) is 3.08. The topological polar surface area (TPSA) is 84.4 Å². The van der Waals surface area contributed by atoms with Crippen molar-refractivity contribution in [1.29, 1.82) is 0 Å². The standard InChI is InChI=1S/C19H22N4O3/c1-26-19(18(25)22-14-15-6-2-4-10-20-15)8-12-23(13-9-19)17(24)16-7-3-5-11-21-16/h2-7,10-11H,8-9,12-14H2,1H3,(H,22,25). The lowest BCUT2D eigenvalue weighted by Crippen LogP contribution is -2.55. The molecule has 0 aliphatic carbocycles. The summed E-state index contributed by atoms with van der Waals surface area (Å²) in [4.78, 5) is 35.2. The summed E-state index contributed by atoms with van der Waals surface area (Å²) in [6.07, 6.45) is 4.17. The second-order valence-corrected chi connectivity index (χ2v) is 6.21. The Balaban J connectivity index is 1.59. The highest BCUT2D eigenvalue weighted by Gasteiger charge is 2.42. The first-order chi connectivity index (χ1) is 12.6. The zero-order valence-corrected chi connectivity index (χ0v) is 14.7. The van der Waals surface area contributed by atoms with Gasteiger partial charge in [0.1, 0.15) is 11.3 Å². The lowest BCUT2D eigenvalue weighted by atomic mass is 9.89. The third-order valence-corrected chi connectivity index (χ3v) is 4.70. The van der Waals surface area contributed by atoms with E-state index in [0.29, 0.717) is 38.2 Å². The van der Waals surface area contributed by atoms with E-state index < -0.39 is 5.60 Å². The quantitative estimate of drug-likeness (QED) is 0.878. The summed E-state index contributed by atoms with van der Waals surface area (Å²) in [6.45, 7) is 1.24. The summed E-state index contributed by atoms with van der Waals surface area (Å²) < 4.78 is 5.58. The van der Waals surface area contributed by atoms with Crippen molar-refractivity contribution in [3.05, 3.63) is 60.2 Å². The van der Waals surface area contributed by atoms with Gasteiger partial charge in [0.05, 0.1) is 12.2 Å². The molecular formula is C19H22N4O3. The van der Waals surface area contributed by atoms with Gasteiger partial charge in [0.2, 0.25) is 0 Å². The number of rotatable bonds is 5. The molecule has 3 rings (SSSR count). The molecule has 136 valence electrons. The van der Waals surface area contributed by atoms with Gasteiger partial charge in [0.15, 0.2) is 0 Å². The van der Waals surface area contributed by atoms with Gasteiger partial charge < -0.3 is 15.0 Å². The maximum atomic E-state index is 12.7. The second kappa shape index (κ2) is 8.05. The van der Waals surface area contributed by atoms with Gasteiger partial charge in [-0.3, -0.25) is 19.6 Å². The predicted molar refractivity (Wildman–Crippen MR) is 95.2 cm³/mol. The number of aromatic nitrogens is 2. The Hall–Kier alpha value is -2.80. The molecule has 0 aromatic carbocycles. The van der Waals surface area contributed by atoms with Crippen LogP contribution in [0.2, 0.25) is 0 Å². The minimum atomic E-state index is -0.921. The van der Waals surface area contributed by atoms with Crippen molar-refractivity contribution < 1.29 is 14.3 Å². The van der Waals surface area contributed by atoms with Crippen molar-refractivity contribution in [3.63, 3.8) is 0 Å². The predicted octanol–water partition coefficient (Wildman–Crippen LogP) is 1.41. The number of nitrogens with one attached hydrogen (secondary N) is 1. The van der Waals surface area contributed by atoms with Crippen molar-refractivity contribution >= 4 is 11.8 Å². The molecule has 7 nitrogen and oxygen atoms in total. The molecule has 2 aromatic heterocycles. The Morgan fingerprint density at radius 1 is 1.12 bits per heavy atom. The second-order valence-electron chi connectivity index (χ2n) is 6.21. The van der Waals surface area contributed by atoms with Gasteiger partial charge in [-0.2, -0.15) is 0 Å². The Bertz CT molecular complexity index is 744. The van der Waals surface area contributed by atoms with Crippen LogP contribution >= 0.6 is 0 Å². The molecule has 1 saturated heterocycles. The van der Waals surface area contributed by atoms with E-state index in [0.717, 1.165) is 5.69 Å². The molecule has 1 N–H and O–H groups in total. The number of nitrogens with zero attached hydrogens (tertiary/aromatic N) is 3. The van der Waals surface area contributed by atoms with E-state index in [1.807, 2.05) is 18.2 Å². The van der Waals surface area contributed by atoms with Crippen LogP contribution in [0.1, 0.15) is 29.0 Å². The van der Waals surface area contributed by atoms with E-state index >= 15 is 0 Å². The average molecular weight is 354 g/mol. The third-order valence-electron chi connectivity index (χ3n) is 4.70. The van der Waals surface area contributed by atoms with Crippen molar-refractivity contribution in [2.45, 2.75) is 25.0 Å². The normalized spacial score (nSPS) is 16.1. The first-order valence-corrected chi connectivity index (χ1v) is 8.58. The Labute approximate surface area is 152 Å². The molecule has 1 aliphatic rings. The fourth-order valence-electron chi connectivity index (χ4n) is 3.08. The molecule has 2 aromatic rings. The van der Waals surface area contributed by atoms with Crippen molar-refractivity contribution in [2.75, 3.05) is 20.2 Å². The number of pyridine rings is 2. The molecule has 1 aliphatic heterocycles. The van der Waals surface area contributed by atoms with Crippen molar-refractivity contribution in [1.82, 2.24) is 20.2 Å². The molecule has 0 saturated carbocycles. The van der Waals surface area contributed by atoms with Crippen LogP contribution in [0.5, 0.6) is 0 Å². The number of carbonyl (C=O) groups is 2. The molecule has 3 heterocycles. The summed E-state index contributed by atoms with van der Waals surface area (Å²) in [5.41, 5.74) is 0.280. The number of likely N-dealkylation sites (tertiary alicyclic amines) is 1. The van der Waals surface area contributed by atoms with E-state index in [2.05, 4.69) is 15.3 Å². The molecule has 7 heteroatoms. The maximum Gasteiger partial charge on any atom is 0.272 e. The average Bonchev–Trinajstić information content (AvgIpc) is 2.73. The molecule has 0 unspecified atom stereocenters. The van der Waals surface area contributed by atoms with Gasteiger partial charge in [-0.25, -0.2) is 0 Å². The minimum Gasteiger partial charge on any atom is -0.368 e. The van der Waals surface area contributed by atoms with Crippen LogP contribution in [-0.2, 0) is 16.1 Å². The number of methoxy groups -OCH3 is 1. The summed E-state index contributed by atoms with van der Waals surface area (Å²) in [7, 11) is 1.54. The first-order valence-electron chi connectivity index (χ1n) is 8.58. The summed E-state index contributed by atoms with van der Waals surface area (Å²) in [6, 6.07) is 10.8. The first kappa shape index (κ1) is 18.0. The van der Waals surface area contributed by atoms with Crippen LogP contribution in [0.15, 0.2) is 48.8 Å². The molecule has 0 radical (unpaired) electrons. The summed E-state index contributed by atoms with van der Waals surface area (Å²) in [5, 5.41) is 2.89. The van der Waals surface area contributed by atoms with E-state index in [1.54, 1.807) is 35.5 Å². The largest absolute Gasteiger partial charge is 0.368 e. The minimum absolute atomic E-state index is 0.121. The summed E-state index contributed by atoms with van der Waals surface area (Å²) >= 11 is 0. The van der Waals surface area contributed by atoms with Crippen LogP contribution in [0.3, 0.4) is 0 Å². The number of carbonyl (C=O) groups excluding carboxylic acids is 2. The Kier molecular flexibility index (Phi) is 5.58. The zero-order valence-electron chi connectivity index (χ0n) is 14.7. The van der Waals surface area contributed by atoms with E-state index in [9.17, 15) is 9.59 Å². The lowest BCUT2D eigenvalue weighted by Gasteiger charge is -2.39. The summed E-state index contributed by atoms with van der Waals surface area (Å²) in [5.74, 6) is -0.292. The molecule has 1 fully saturated rings. The van der Waals surface area contributed by atoms with Gasteiger partial charge in [0, 0.05) is 45.4 Å². The van der Waals surface area contributed by atoms with Crippen molar-refractivity contribution in [2.24, 2.45) is 0 Å². The lowest BCUT2D eigenvalue weighted by molar-refractivity contribution is -0.149. The van der Waals surface area contributed by atoms with Crippen molar-refractivity contribution in [3.8, 4) is 0 Å². The highest BCUT2D eigenvalue weighted by molar-refractivity contribution is 5.92. The molecule has 2 amide bonds. The van der Waals surface area contributed by atoms with Gasteiger partial charge in [-0.15, -0.1) is 0 Å². The molecule has 0 atom stereocenters. The van der Waals surface area contributed by atoms with Gasteiger partial charge >= 0.3 is 0 Å². The number of hydrogen-bond acceptors (Lipinski definition) is 5. The maximum absolute atomic E-state index is 12.7. The monoisotopic (exact) mass is 354 g/mol. The van der Waals surface area contributed by atoms with E-state index in [-0.39, 0.29) is 11.8 Å². The van der Waals surface area contributed by atoms with Gasteiger partial charge in [-0.05, 0) is 24.3 Å². The third kappa shape index (κ3) is 3.88. The number of hydrogen-bond donors (Lipinski definition) is 1. The number of ether oxygens (including phenoxy) is 1. The Morgan fingerprint density at radius 3 is 2.38 bits per heavy atom. The highest BCUT2D eigenvalue weighted by Crippen LogP contribution is 2.27. The van der Waals surface area contributed by atoms with Crippen LogP contribution in [0.25, 0.3) is 0 Å². The van der Waals surface area contributed by atoms with Crippen LogP contribution in [0, 0.1) is 0 Å². The molecule has 0 bridgehead atoms. The molecule has 0 spiro atoms. The SMILES string of the molecule is COC1(C(=O)NCc2ccccn2)CCN(C(=O)c2ccccn2)CC1. The van der Waals surface area contributed by atoms with Crippen LogP contribution in [-0.4, -0.2) is 52.5 Å². The molecular weight excluding hydrogens is 332 g/mol. The van der Waals surface area contributed by atoms with E-state index in [1.165, 1.54) is 7.11 Å². The molecule has 26 heavy (non-hydrogen) atoms. The zero-order chi connectivity index (χ0) is 18.4. The van der Waals surface area contributed by atoms with Gasteiger partial charge in [0.25, 0.3) is 11.8 Å². The number of piperidine rings is 1. The smallest absolute Gasteiger partial charge is 0.272 e. The van der Waals surface area contributed by atoms with E-state index in [4.69, 9.17) is 4.74 Å².